The zero-order valence-corrected chi connectivity index (χ0v) is 11.3. The number of rotatable bonds is 6. The van der Waals surface area contributed by atoms with Gasteiger partial charge in [-0.3, -0.25) is 4.79 Å². The molecule has 0 aliphatic rings. The minimum Gasteiger partial charge on any atom is -0.381 e. The molecule has 0 saturated heterocycles. The number of thiophene rings is 1. The predicted molar refractivity (Wildman–Crippen MR) is 74.8 cm³/mol. The van der Waals surface area contributed by atoms with E-state index in [2.05, 4.69) is 35.0 Å². The van der Waals surface area contributed by atoms with Gasteiger partial charge in [-0.15, -0.1) is 11.3 Å². The molecule has 0 aliphatic carbocycles. The monoisotopic (exact) mass is 263 g/mol. The zero-order valence-electron chi connectivity index (χ0n) is 10.4. The van der Waals surface area contributed by atoms with Crippen LogP contribution in [0.4, 0.5) is 0 Å². The van der Waals surface area contributed by atoms with Crippen molar-refractivity contribution in [1.82, 2.24) is 5.32 Å². The molecule has 0 spiro atoms. The second kappa shape index (κ2) is 6.52. The van der Waals surface area contributed by atoms with Crippen LogP contribution < -0.4 is 5.32 Å². The van der Waals surface area contributed by atoms with E-state index in [-0.39, 0.29) is 5.91 Å². The van der Waals surface area contributed by atoms with Crippen molar-refractivity contribution >= 4 is 27.3 Å². The van der Waals surface area contributed by atoms with E-state index in [1.165, 1.54) is 10.1 Å². The molecular weight excluding hydrogens is 246 g/mol. The van der Waals surface area contributed by atoms with Crippen LogP contribution in [-0.4, -0.2) is 19.1 Å². The maximum atomic E-state index is 11.5. The topological polar surface area (TPSA) is 38.3 Å². The molecule has 0 saturated carbocycles. The van der Waals surface area contributed by atoms with E-state index in [4.69, 9.17) is 4.74 Å². The molecule has 4 heteroatoms. The third kappa shape index (κ3) is 3.55. The van der Waals surface area contributed by atoms with Crippen molar-refractivity contribution < 1.29 is 9.53 Å². The van der Waals surface area contributed by atoms with Crippen LogP contribution in [0.25, 0.3) is 10.1 Å². The van der Waals surface area contributed by atoms with Gasteiger partial charge < -0.3 is 10.1 Å². The molecule has 0 atom stereocenters. The number of ether oxygens (including phenoxy) is 1. The summed E-state index contributed by atoms with van der Waals surface area (Å²) in [4.78, 5) is 11.5. The Hall–Kier alpha value is -1.39. The Kier molecular flexibility index (Phi) is 4.73. The Morgan fingerprint density at radius 1 is 1.39 bits per heavy atom. The van der Waals surface area contributed by atoms with Crippen molar-refractivity contribution in [3.05, 3.63) is 35.2 Å². The minimum atomic E-state index is 0.0360. The zero-order chi connectivity index (χ0) is 12.8. The molecule has 1 heterocycles. The molecule has 0 unspecified atom stereocenters. The SMILES string of the molecule is CCOCCC(=O)NCc1ccc2sccc2c1. The van der Waals surface area contributed by atoms with Crippen molar-refractivity contribution in [3.63, 3.8) is 0 Å². The Bertz CT molecular complexity index is 521. The second-order valence-corrected chi connectivity index (χ2v) is 4.96. The summed E-state index contributed by atoms with van der Waals surface area (Å²) >= 11 is 1.73. The largest absolute Gasteiger partial charge is 0.381 e. The number of fused-ring (bicyclic) bond motifs is 1. The van der Waals surface area contributed by atoms with Gasteiger partial charge in [0.1, 0.15) is 0 Å². The van der Waals surface area contributed by atoms with Crippen molar-refractivity contribution in [2.75, 3.05) is 13.2 Å². The Balaban J connectivity index is 1.83. The Labute approximate surface area is 111 Å². The lowest BCUT2D eigenvalue weighted by molar-refractivity contribution is -0.122. The summed E-state index contributed by atoms with van der Waals surface area (Å²) in [6.45, 7) is 3.65. The van der Waals surface area contributed by atoms with E-state index in [0.717, 1.165) is 5.56 Å². The average molecular weight is 263 g/mol. The summed E-state index contributed by atoms with van der Waals surface area (Å²) < 4.78 is 6.42. The lowest BCUT2D eigenvalue weighted by atomic mass is 10.1. The quantitative estimate of drug-likeness (QED) is 0.814. The van der Waals surface area contributed by atoms with Crippen LogP contribution in [0.5, 0.6) is 0 Å². The molecule has 0 fully saturated rings. The molecular formula is C14H17NO2S. The molecule has 2 aromatic rings. The number of nitrogens with one attached hydrogen (secondary N) is 1. The van der Waals surface area contributed by atoms with E-state index in [0.29, 0.717) is 26.2 Å². The molecule has 0 bridgehead atoms. The van der Waals surface area contributed by atoms with Gasteiger partial charge in [0, 0.05) is 24.3 Å². The fourth-order valence-corrected chi connectivity index (χ4v) is 2.50. The molecule has 1 N–H and O–H groups in total. The van der Waals surface area contributed by atoms with Crippen molar-refractivity contribution in [2.24, 2.45) is 0 Å². The van der Waals surface area contributed by atoms with Crippen LogP contribution in [0, 0.1) is 0 Å². The third-order valence-electron chi connectivity index (χ3n) is 2.68. The van der Waals surface area contributed by atoms with Crippen LogP contribution in [0.2, 0.25) is 0 Å². The van der Waals surface area contributed by atoms with Gasteiger partial charge in [-0.05, 0) is 41.5 Å². The van der Waals surface area contributed by atoms with Gasteiger partial charge in [-0.1, -0.05) is 6.07 Å². The molecule has 0 radical (unpaired) electrons. The standard InChI is InChI=1S/C14H17NO2S/c1-2-17-7-5-14(16)15-10-11-3-4-13-12(9-11)6-8-18-13/h3-4,6,8-9H,2,5,7,10H2,1H3,(H,15,16). The molecule has 1 aromatic heterocycles. The summed E-state index contributed by atoms with van der Waals surface area (Å²) in [6, 6.07) is 8.37. The maximum absolute atomic E-state index is 11.5. The van der Waals surface area contributed by atoms with E-state index >= 15 is 0 Å². The van der Waals surface area contributed by atoms with Gasteiger partial charge in [0.2, 0.25) is 5.91 Å². The summed E-state index contributed by atoms with van der Waals surface area (Å²) in [7, 11) is 0. The molecule has 3 nitrogen and oxygen atoms in total. The first-order valence-electron chi connectivity index (χ1n) is 6.10. The van der Waals surface area contributed by atoms with Gasteiger partial charge in [0.05, 0.1) is 6.61 Å². The molecule has 96 valence electrons. The van der Waals surface area contributed by atoms with Gasteiger partial charge in [-0.2, -0.15) is 0 Å². The third-order valence-corrected chi connectivity index (χ3v) is 3.58. The van der Waals surface area contributed by atoms with Crippen molar-refractivity contribution in [2.45, 2.75) is 19.9 Å². The Morgan fingerprint density at radius 2 is 2.28 bits per heavy atom. The smallest absolute Gasteiger partial charge is 0.222 e. The van der Waals surface area contributed by atoms with E-state index in [9.17, 15) is 4.79 Å². The van der Waals surface area contributed by atoms with Crippen LogP contribution in [0.1, 0.15) is 18.9 Å². The normalized spacial score (nSPS) is 10.7. The lowest BCUT2D eigenvalue weighted by Gasteiger charge is -2.05. The molecule has 2 rings (SSSR count). The van der Waals surface area contributed by atoms with Crippen LogP contribution in [-0.2, 0) is 16.1 Å². The summed E-state index contributed by atoms with van der Waals surface area (Å²) in [5.74, 6) is 0.0360. The van der Waals surface area contributed by atoms with E-state index < -0.39 is 0 Å². The highest BCUT2D eigenvalue weighted by Crippen LogP contribution is 2.21. The van der Waals surface area contributed by atoms with Crippen LogP contribution in [0.3, 0.4) is 0 Å². The first-order chi connectivity index (χ1) is 8.79. The number of amides is 1. The lowest BCUT2D eigenvalue weighted by Crippen LogP contribution is -2.23. The van der Waals surface area contributed by atoms with Crippen LogP contribution in [0.15, 0.2) is 29.6 Å². The minimum absolute atomic E-state index is 0.0360. The maximum Gasteiger partial charge on any atom is 0.222 e. The highest BCUT2D eigenvalue weighted by atomic mass is 32.1. The van der Waals surface area contributed by atoms with Gasteiger partial charge in [0.15, 0.2) is 0 Å². The highest BCUT2D eigenvalue weighted by molar-refractivity contribution is 7.17. The number of benzene rings is 1. The Morgan fingerprint density at radius 3 is 3.11 bits per heavy atom. The fraction of sp³-hybridized carbons (Fsp3) is 0.357. The molecule has 0 aliphatic heterocycles. The predicted octanol–water partition coefficient (Wildman–Crippen LogP) is 2.94. The molecule has 18 heavy (non-hydrogen) atoms. The van der Waals surface area contributed by atoms with E-state index in [1.807, 2.05) is 6.92 Å². The number of carbonyl (C=O) groups excluding carboxylic acids is 1. The van der Waals surface area contributed by atoms with Gasteiger partial charge >= 0.3 is 0 Å². The number of hydrogen-bond donors (Lipinski definition) is 1. The fourth-order valence-electron chi connectivity index (χ4n) is 1.72. The van der Waals surface area contributed by atoms with E-state index in [1.54, 1.807) is 11.3 Å². The van der Waals surface area contributed by atoms with Gasteiger partial charge in [-0.25, -0.2) is 0 Å². The summed E-state index contributed by atoms with van der Waals surface area (Å²) in [6.07, 6.45) is 0.425. The van der Waals surface area contributed by atoms with Crippen molar-refractivity contribution in [1.29, 1.82) is 0 Å². The number of carbonyl (C=O) groups is 1. The summed E-state index contributed by atoms with van der Waals surface area (Å²) in [5, 5.41) is 6.21. The second-order valence-electron chi connectivity index (χ2n) is 4.02. The molecule has 1 aromatic carbocycles. The highest BCUT2D eigenvalue weighted by Gasteiger charge is 2.02. The number of hydrogen-bond acceptors (Lipinski definition) is 3. The van der Waals surface area contributed by atoms with Crippen LogP contribution >= 0.6 is 11.3 Å². The first kappa shape index (κ1) is 13.1. The first-order valence-corrected chi connectivity index (χ1v) is 6.98. The summed E-state index contributed by atoms with van der Waals surface area (Å²) in [5.41, 5.74) is 1.13. The van der Waals surface area contributed by atoms with Crippen molar-refractivity contribution in [3.8, 4) is 0 Å². The molecule has 1 amide bonds. The van der Waals surface area contributed by atoms with Gasteiger partial charge in [0.25, 0.3) is 0 Å². The average Bonchev–Trinajstić information content (AvgIpc) is 2.84.